The van der Waals surface area contributed by atoms with E-state index in [-0.39, 0.29) is 10.9 Å². The molecule has 158 valence electrons. The normalized spacial score (nSPS) is 14.9. The summed E-state index contributed by atoms with van der Waals surface area (Å²) in [4.78, 5) is 32.1. The van der Waals surface area contributed by atoms with Crippen LogP contribution in [-0.2, 0) is 0 Å². The molecule has 0 saturated carbocycles. The van der Waals surface area contributed by atoms with Gasteiger partial charge < -0.3 is 10.2 Å². The molecule has 0 spiro atoms. The van der Waals surface area contributed by atoms with E-state index in [0.717, 1.165) is 70.0 Å². The molecule has 1 aromatic carbocycles. The number of aryl methyl sites for hydroxylation is 1. The summed E-state index contributed by atoms with van der Waals surface area (Å²) in [6, 6.07) is 6.76. The van der Waals surface area contributed by atoms with E-state index >= 15 is 0 Å². The third kappa shape index (κ3) is 4.41. The zero-order valence-electron chi connectivity index (χ0n) is 16.3. The van der Waals surface area contributed by atoms with Crippen molar-refractivity contribution >= 4 is 60.5 Å². The lowest BCUT2D eigenvalue weighted by molar-refractivity contribution is -0.380. The number of nitrogens with one attached hydrogen (secondary N) is 1. The third-order valence-electron chi connectivity index (χ3n) is 5.04. The highest BCUT2D eigenvalue weighted by Crippen LogP contribution is 2.35. The summed E-state index contributed by atoms with van der Waals surface area (Å²) >= 11 is 8.84. The van der Waals surface area contributed by atoms with Crippen LogP contribution in [0.15, 0.2) is 24.3 Å². The van der Waals surface area contributed by atoms with E-state index in [1.54, 1.807) is 11.3 Å². The molecule has 0 bridgehead atoms. The molecule has 8 nitrogen and oxygen atoms in total. The van der Waals surface area contributed by atoms with Crippen LogP contribution < -0.4 is 10.2 Å². The van der Waals surface area contributed by atoms with Gasteiger partial charge in [0.05, 0.1) is 25.0 Å². The molecule has 1 N–H and O–H groups in total. The fourth-order valence-electron chi connectivity index (χ4n) is 3.35. The van der Waals surface area contributed by atoms with Crippen LogP contribution in [0.5, 0.6) is 0 Å². The number of hydrogen-bond acceptors (Lipinski definition) is 8. The van der Waals surface area contributed by atoms with E-state index in [9.17, 15) is 14.9 Å². The van der Waals surface area contributed by atoms with E-state index in [4.69, 9.17) is 16.6 Å². The molecule has 1 fully saturated rings. The van der Waals surface area contributed by atoms with Gasteiger partial charge in [0, 0.05) is 45.3 Å². The molecule has 0 radical (unpaired) electrons. The van der Waals surface area contributed by atoms with Gasteiger partial charge in [-0.3, -0.25) is 19.8 Å². The summed E-state index contributed by atoms with van der Waals surface area (Å²) in [6.07, 6.45) is 0. The Bertz CT molecular complexity index is 1050. The fraction of sp³-hybridized carbons (Fsp3) is 0.368. The summed E-state index contributed by atoms with van der Waals surface area (Å²) in [5.74, 6) is -0.270. The van der Waals surface area contributed by atoms with Crippen LogP contribution in [0.1, 0.15) is 15.2 Å². The molecular formula is C19H20ClN5O3S2. The Kier molecular flexibility index (Phi) is 6.19. The highest BCUT2D eigenvalue weighted by atomic mass is 35.5. The van der Waals surface area contributed by atoms with E-state index in [0.29, 0.717) is 11.4 Å². The number of aromatic nitrogens is 1. The number of rotatable bonds is 6. The number of nitro groups is 1. The van der Waals surface area contributed by atoms with Crippen molar-refractivity contribution in [2.45, 2.75) is 6.92 Å². The number of carbonyl (C=O) groups excluding carboxylic acids is 1. The van der Waals surface area contributed by atoms with Crippen molar-refractivity contribution in [3.8, 4) is 0 Å². The van der Waals surface area contributed by atoms with Crippen molar-refractivity contribution in [1.82, 2.24) is 15.2 Å². The molecule has 3 heterocycles. The minimum Gasteiger partial charge on any atom is -0.350 e. The predicted octanol–water partition coefficient (Wildman–Crippen LogP) is 3.78. The fourth-order valence-corrected chi connectivity index (χ4v) is 5.46. The van der Waals surface area contributed by atoms with Gasteiger partial charge in [-0.1, -0.05) is 40.3 Å². The maximum atomic E-state index is 12.1. The van der Waals surface area contributed by atoms with Gasteiger partial charge in [-0.2, -0.15) is 0 Å². The Morgan fingerprint density at radius 2 is 2.00 bits per heavy atom. The average Bonchev–Trinajstić information content (AvgIpc) is 3.40. The van der Waals surface area contributed by atoms with Gasteiger partial charge in [-0.25, -0.2) is 4.98 Å². The number of carbonyl (C=O) groups is 1. The largest absolute Gasteiger partial charge is 0.350 e. The van der Waals surface area contributed by atoms with Crippen LogP contribution >= 0.6 is 34.3 Å². The number of piperazine rings is 1. The van der Waals surface area contributed by atoms with Crippen LogP contribution in [0, 0.1) is 17.0 Å². The number of thiazole rings is 1. The number of anilines is 1. The highest BCUT2D eigenvalue weighted by Gasteiger charge is 2.21. The van der Waals surface area contributed by atoms with Crippen LogP contribution in [0.4, 0.5) is 10.1 Å². The monoisotopic (exact) mass is 465 g/mol. The van der Waals surface area contributed by atoms with E-state index in [1.807, 2.05) is 19.1 Å². The minimum atomic E-state index is -0.484. The predicted molar refractivity (Wildman–Crippen MR) is 121 cm³/mol. The molecule has 1 amide bonds. The summed E-state index contributed by atoms with van der Waals surface area (Å²) in [7, 11) is 0. The van der Waals surface area contributed by atoms with Crippen molar-refractivity contribution in [3.05, 3.63) is 49.8 Å². The number of hydrogen-bond donors (Lipinski definition) is 1. The molecule has 0 aliphatic carbocycles. The lowest BCUT2D eigenvalue weighted by atomic mass is 10.2. The highest BCUT2D eigenvalue weighted by molar-refractivity contribution is 7.22. The molecule has 4 rings (SSSR count). The van der Waals surface area contributed by atoms with E-state index in [2.05, 4.69) is 15.1 Å². The zero-order chi connectivity index (χ0) is 21.3. The lowest BCUT2D eigenvalue weighted by Gasteiger charge is -2.34. The lowest BCUT2D eigenvalue weighted by Crippen LogP contribution is -2.48. The quantitative estimate of drug-likeness (QED) is 0.440. The standard InChI is InChI=1S/C19H20ClN5O3S2/c1-12-2-3-13(20)17-16(12)22-19(30-17)24-10-8-23(9-11-24)7-6-21-18(26)14-4-5-15(29-14)25(27)28/h2-5H,6-11H2,1H3,(H,21,26). The molecule has 30 heavy (non-hydrogen) atoms. The molecule has 3 aromatic rings. The first-order valence-electron chi connectivity index (χ1n) is 9.48. The summed E-state index contributed by atoms with van der Waals surface area (Å²) in [6.45, 7) is 6.76. The number of fused-ring (bicyclic) bond motifs is 1. The smallest absolute Gasteiger partial charge is 0.324 e. The van der Waals surface area contributed by atoms with Crippen molar-refractivity contribution in [2.75, 3.05) is 44.2 Å². The second-order valence-electron chi connectivity index (χ2n) is 7.02. The van der Waals surface area contributed by atoms with Crippen molar-refractivity contribution in [2.24, 2.45) is 0 Å². The number of halogens is 1. The summed E-state index contributed by atoms with van der Waals surface area (Å²) in [5.41, 5.74) is 2.10. The van der Waals surface area contributed by atoms with Crippen molar-refractivity contribution < 1.29 is 9.72 Å². The van der Waals surface area contributed by atoms with Gasteiger partial charge >= 0.3 is 5.00 Å². The minimum absolute atomic E-state index is 0.0254. The van der Waals surface area contributed by atoms with Gasteiger partial charge in [-0.15, -0.1) is 0 Å². The number of benzene rings is 1. The Morgan fingerprint density at radius 3 is 2.67 bits per heavy atom. The van der Waals surface area contributed by atoms with Crippen molar-refractivity contribution in [1.29, 1.82) is 0 Å². The van der Waals surface area contributed by atoms with Gasteiger partial charge in [0.2, 0.25) is 0 Å². The first kappa shape index (κ1) is 21.0. The SMILES string of the molecule is Cc1ccc(Cl)c2sc(N3CCN(CCNC(=O)c4ccc([N+](=O)[O-])s4)CC3)nc12. The van der Waals surface area contributed by atoms with Crippen LogP contribution in [0.3, 0.4) is 0 Å². The summed E-state index contributed by atoms with van der Waals surface area (Å²) in [5, 5.41) is 15.3. The first-order valence-corrected chi connectivity index (χ1v) is 11.5. The Morgan fingerprint density at radius 1 is 1.23 bits per heavy atom. The number of nitrogens with zero attached hydrogens (tertiary/aromatic N) is 4. The van der Waals surface area contributed by atoms with E-state index < -0.39 is 4.92 Å². The average molecular weight is 466 g/mol. The van der Waals surface area contributed by atoms with Gasteiger partial charge in [0.25, 0.3) is 5.91 Å². The van der Waals surface area contributed by atoms with Gasteiger partial charge in [0.1, 0.15) is 0 Å². The molecule has 0 unspecified atom stereocenters. The maximum absolute atomic E-state index is 12.1. The molecular weight excluding hydrogens is 446 g/mol. The zero-order valence-corrected chi connectivity index (χ0v) is 18.6. The molecule has 1 aliphatic heterocycles. The van der Waals surface area contributed by atoms with Gasteiger partial charge in [0.15, 0.2) is 5.13 Å². The first-order chi connectivity index (χ1) is 14.4. The Balaban J connectivity index is 1.27. The Hall–Kier alpha value is -2.27. The maximum Gasteiger partial charge on any atom is 0.324 e. The van der Waals surface area contributed by atoms with Gasteiger partial charge in [-0.05, 0) is 24.6 Å². The number of amides is 1. The molecule has 0 atom stereocenters. The van der Waals surface area contributed by atoms with Crippen LogP contribution in [0.25, 0.3) is 10.2 Å². The number of thiophene rings is 1. The topological polar surface area (TPSA) is 91.6 Å². The summed E-state index contributed by atoms with van der Waals surface area (Å²) < 4.78 is 1.03. The second-order valence-corrected chi connectivity index (χ2v) is 9.46. The third-order valence-corrected chi connectivity index (χ3v) is 7.65. The Labute approximate surface area is 186 Å². The molecule has 11 heteroatoms. The van der Waals surface area contributed by atoms with Crippen molar-refractivity contribution in [3.63, 3.8) is 0 Å². The molecule has 2 aromatic heterocycles. The second kappa shape index (κ2) is 8.84. The van der Waals surface area contributed by atoms with Crippen LogP contribution in [0.2, 0.25) is 5.02 Å². The van der Waals surface area contributed by atoms with E-state index in [1.165, 1.54) is 12.1 Å². The van der Waals surface area contributed by atoms with Crippen LogP contribution in [-0.4, -0.2) is 60.0 Å². The molecule has 1 aliphatic rings. The molecule has 1 saturated heterocycles.